The van der Waals surface area contributed by atoms with Crippen LogP contribution in [0.5, 0.6) is 5.75 Å². The molecule has 0 radical (unpaired) electrons. The lowest BCUT2D eigenvalue weighted by atomic mass is 10.3. The van der Waals surface area contributed by atoms with Crippen LogP contribution < -0.4 is 16.0 Å². The molecular weight excluding hydrogens is 180 g/mol. The summed E-state index contributed by atoms with van der Waals surface area (Å²) in [4.78, 5) is 11.4. The number of aryl methyl sites for hydroxylation is 1. The van der Waals surface area contributed by atoms with E-state index in [1.54, 1.807) is 11.6 Å². The summed E-state index contributed by atoms with van der Waals surface area (Å²) in [7, 11) is 1.73. The van der Waals surface area contributed by atoms with Crippen molar-refractivity contribution in [3.05, 3.63) is 28.2 Å². The van der Waals surface area contributed by atoms with Crippen LogP contribution in [0.1, 0.15) is 12.6 Å². The van der Waals surface area contributed by atoms with Gasteiger partial charge in [0.2, 0.25) is 0 Å². The Morgan fingerprint density at radius 2 is 2.21 bits per heavy atom. The number of aromatic nitrogens is 1. The highest BCUT2D eigenvalue weighted by atomic mass is 16.5. The number of nitrogens with zero attached hydrogens (tertiary/aromatic N) is 1. The largest absolute Gasteiger partial charge is 0.492 e. The quantitative estimate of drug-likeness (QED) is 0.762. The molecule has 0 aliphatic carbocycles. The first-order valence-electron chi connectivity index (χ1n) is 4.56. The van der Waals surface area contributed by atoms with Crippen molar-refractivity contribution in [3.63, 3.8) is 0 Å². The lowest BCUT2D eigenvalue weighted by Crippen LogP contribution is -2.25. The number of hydrogen-bond donors (Lipinski definition) is 1. The summed E-state index contributed by atoms with van der Waals surface area (Å²) < 4.78 is 6.91. The van der Waals surface area contributed by atoms with E-state index < -0.39 is 0 Å². The van der Waals surface area contributed by atoms with E-state index in [9.17, 15) is 4.79 Å². The lowest BCUT2D eigenvalue weighted by molar-refractivity contribution is 0.295. The Morgan fingerprint density at radius 3 is 2.71 bits per heavy atom. The summed E-state index contributed by atoms with van der Waals surface area (Å²) in [6.45, 7) is 4.14. The minimum absolute atomic E-state index is 0.0284. The smallest absolute Gasteiger partial charge is 0.254 e. The van der Waals surface area contributed by atoms with Gasteiger partial charge in [0.1, 0.15) is 12.4 Å². The van der Waals surface area contributed by atoms with Crippen molar-refractivity contribution >= 4 is 0 Å². The second-order valence-corrected chi connectivity index (χ2v) is 3.52. The predicted molar refractivity (Wildman–Crippen MR) is 55.6 cm³/mol. The molecule has 1 aromatic rings. The van der Waals surface area contributed by atoms with E-state index in [2.05, 4.69) is 0 Å². The third-order valence-electron chi connectivity index (χ3n) is 1.99. The normalized spacial score (nSPS) is 12.6. The molecule has 1 rings (SSSR count). The van der Waals surface area contributed by atoms with E-state index in [0.717, 1.165) is 5.69 Å². The van der Waals surface area contributed by atoms with E-state index >= 15 is 0 Å². The predicted octanol–water partition coefficient (Wildman–Crippen LogP) is 0.420. The van der Waals surface area contributed by atoms with Crippen molar-refractivity contribution in [2.75, 3.05) is 6.61 Å². The Kier molecular flexibility index (Phi) is 3.30. The molecule has 0 amide bonds. The van der Waals surface area contributed by atoms with Crippen molar-refractivity contribution in [3.8, 4) is 5.75 Å². The third kappa shape index (κ3) is 2.60. The summed E-state index contributed by atoms with van der Waals surface area (Å²) in [6.07, 6.45) is 0. The Bertz CT molecular complexity index is 369. The molecule has 1 heterocycles. The summed E-state index contributed by atoms with van der Waals surface area (Å²) in [6, 6.07) is 3.26. The standard InChI is InChI=1S/C10H16N2O2/c1-7(11)6-14-9-4-8(2)12(3)10(13)5-9/h4-5,7H,6,11H2,1-3H3/t7-/m1/s1. The highest BCUT2D eigenvalue weighted by molar-refractivity contribution is 5.22. The van der Waals surface area contributed by atoms with E-state index in [1.165, 1.54) is 6.07 Å². The molecular formula is C10H16N2O2. The maximum Gasteiger partial charge on any atom is 0.254 e. The number of ether oxygens (including phenoxy) is 1. The van der Waals surface area contributed by atoms with Gasteiger partial charge in [0, 0.05) is 24.8 Å². The number of nitrogens with two attached hydrogens (primary N) is 1. The van der Waals surface area contributed by atoms with Gasteiger partial charge in [-0.05, 0) is 19.9 Å². The second kappa shape index (κ2) is 4.28. The topological polar surface area (TPSA) is 57.2 Å². The molecule has 0 aliphatic rings. The van der Waals surface area contributed by atoms with E-state index in [1.807, 2.05) is 19.9 Å². The maximum atomic E-state index is 11.4. The molecule has 1 atom stereocenters. The van der Waals surface area contributed by atoms with Crippen LogP contribution in [0.2, 0.25) is 0 Å². The molecule has 0 aromatic carbocycles. The fraction of sp³-hybridized carbons (Fsp3) is 0.500. The van der Waals surface area contributed by atoms with Crippen LogP contribution in [0.25, 0.3) is 0 Å². The van der Waals surface area contributed by atoms with Crippen molar-refractivity contribution in [1.82, 2.24) is 4.57 Å². The van der Waals surface area contributed by atoms with Crippen LogP contribution in [-0.2, 0) is 7.05 Å². The van der Waals surface area contributed by atoms with Gasteiger partial charge in [0.15, 0.2) is 0 Å². The molecule has 4 heteroatoms. The number of hydrogen-bond acceptors (Lipinski definition) is 3. The van der Waals surface area contributed by atoms with Crippen LogP contribution in [0, 0.1) is 6.92 Å². The summed E-state index contributed by atoms with van der Waals surface area (Å²) in [5.74, 6) is 0.586. The van der Waals surface area contributed by atoms with Crippen molar-refractivity contribution in [2.45, 2.75) is 19.9 Å². The SMILES string of the molecule is Cc1cc(OC[C@@H](C)N)cc(=O)n1C. The van der Waals surface area contributed by atoms with Crippen molar-refractivity contribution < 1.29 is 4.74 Å². The minimum atomic E-state index is -0.0651. The van der Waals surface area contributed by atoms with Crippen molar-refractivity contribution in [2.24, 2.45) is 12.8 Å². The fourth-order valence-corrected chi connectivity index (χ4v) is 1.05. The molecule has 0 fully saturated rings. The maximum absolute atomic E-state index is 11.4. The molecule has 14 heavy (non-hydrogen) atoms. The average molecular weight is 196 g/mol. The van der Waals surface area contributed by atoms with Crippen molar-refractivity contribution in [1.29, 1.82) is 0 Å². The van der Waals surface area contributed by atoms with Gasteiger partial charge in [-0.3, -0.25) is 4.79 Å². The lowest BCUT2D eigenvalue weighted by Gasteiger charge is -2.10. The van der Waals surface area contributed by atoms with Gasteiger partial charge in [0.25, 0.3) is 5.56 Å². The molecule has 1 aromatic heterocycles. The molecule has 0 bridgehead atoms. The highest BCUT2D eigenvalue weighted by Gasteiger charge is 2.01. The zero-order valence-electron chi connectivity index (χ0n) is 8.78. The first kappa shape index (κ1) is 10.8. The average Bonchev–Trinajstić information content (AvgIpc) is 2.10. The molecule has 4 nitrogen and oxygen atoms in total. The van der Waals surface area contributed by atoms with Crippen LogP contribution in [-0.4, -0.2) is 17.2 Å². The van der Waals surface area contributed by atoms with Crippen LogP contribution >= 0.6 is 0 Å². The first-order valence-corrected chi connectivity index (χ1v) is 4.56. The molecule has 78 valence electrons. The van der Waals surface area contributed by atoms with Crippen LogP contribution in [0.4, 0.5) is 0 Å². The van der Waals surface area contributed by atoms with Crippen LogP contribution in [0.3, 0.4) is 0 Å². The van der Waals surface area contributed by atoms with Gasteiger partial charge in [-0.15, -0.1) is 0 Å². The van der Waals surface area contributed by atoms with E-state index in [-0.39, 0.29) is 11.6 Å². The fourth-order valence-electron chi connectivity index (χ4n) is 1.05. The monoisotopic (exact) mass is 196 g/mol. The second-order valence-electron chi connectivity index (χ2n) is 3.52. The third-order valence-corrected chi connectivity index (χ3v) is 1.99. The molecule has 0 unspecified atom stereocenters. The van der Waals surface area contributed by atoms with Gasteiger partial charge < -0.3 is 15.0 Å². The molecule has 0 saturated heterocycles. The van der Waals surface area contributed by atoms with Gasteiger partial charge in [-0.2, -0.15) is 0 Å². The van der Waals surface area contributed by atoms with E-state index in [0.29, 0.717) is 12.4 Å². The zero-order chi connectivity index (χ0) is 10.7. The Morgan fingerprint density at radius 1 is 1.57 bits per heavy atom. The summed E-state index contributed by atoms with van der Waals surface area (Å²) >= 11 is 0. The Hall–Kier alpha value is -1.29. The number of rotatable bonds is 3. The zero-order valence-corrected chi connectivity index (χ0v) is 8.78. The highest BCUT2D eigenvalue weighted by Crippen LogP contribution is 2.08. The van der Waals surface area contributed by atoms with Gasteiger partial charge >= 0.3 is 0 Å². The van der Waals surface area contributed by atoms with Gasteiger partial charge in [-0.1, -0.05) is 0 Å². The Balaban J connectivity index is 2.85. The first-order chi connectivity index (χ1) is 6.50. The summed E-state index contributed by atoms with van der Waals surface area (Å²) in [5, 5.41) is 0. The molecule has 0 saturated carbocycles. The number of pyridine rings is 1. The van der Waals surface area contributed by atoms with Gasteiger partial charge in [-0.25, -0.2) is 0 Å². The molecule has 0 spiro atoms. The minimum Gasteiger partial charge on any atom is -0.492 e. The van der Waals surface area contributed by atoms with E-state index in [4.69, 9.17) is 10.5 Å². The van der Waals surface area contributed by atoms with Crippen LogP contribution in [0.15, 0.2) is 16.9 Å². The summed E-state index contributed by atoms with van der Waals surface area (Å²) in [5.41, 5.74) is 6.35. The molecule has 2 N–H and O–H groups in total. The Labute approximate surface area is 83.3 Å². The van der Waals surface area contributed by atoms with Gasteiger partial charge in [0.05, 0.1) is 0 Å². The molecule has 0 aliphatic heterocycles.